The predicted molar refractivity (Wildman–Crippen MR) is 96.7 cm³/mol. The van der Waals surface area contributed by atoms with Gasteiger partial charge in [-0.2, -0.15) is 8.62 Å². The summed E-state index contributed by atoms with van der Waals surface area (Å²) in [6, 6.07) is 0. The lowest BCUT2D eigenvalue weighted by atomic mass is 10.2. The third-order valence-corrected chi connectivity index (χ3v) is 7.83. The number of aliphatic hydroxyl groups excluding tert-OH is 1. The molecule has 3 unspecified atom stereocenters. The Kier molecular flexibility index (Phi) is 6.71. The molecule has 174 valence electrons. The minimum atomic E-state index is -5.64. The Balaban J connectivity index is 1.66. The van der Waals surface area contributed by atoms with Crippen LogP contribution in [0.4, 0.5) is 0 Å². The molecule has 0 aliphatic carbocycles. The molecular formula is C11H18N5O12P3. The zero-order valence-corrected chi connectivity index (χ0v) is 18.2. The van der Waals surface area contributed by atoms with Crippen LogP contribution in [0.1, 0.15) is 12.6 Å². The number of fused-ring (bicyclic) bond motifs is 1. The molecule has 0 radical (unpaired) electrons. The maximum atomic E-state index is 11.8. The fourth-order valence-corrected chi connectivity index (χ4v) is 5.76. The van der Waals surface area contributed by atoms with Crippen LogP contribution >= 0.6 is 23.5 Å². The topological polar surface area (TPSA) is 249 Å². The number of imidazole rings is 1. The molecule has 31 heavy (non-hydrogen) atoms. The van der Waals surface area contributed by atoms with Crippen LogP contribution in [0.2, 0.25) is 0 Å². The Morgan fingerprint density at radius 1 is 1.16 bits per heavy atom. The van der Waals surface area contributed by atoms with Gasteiger partial charge in [0.05, 0.1) is 25.4 Å². The number of rotatable bonds is 8. The molecule has 2 aromatic rings. The minimum absolute atomic E-state index is 0.00802. The molecule has 0 aromatic carbocycles. The van der Waals surface area contributed by atoms with E-state index in [0.29, 0.717) is 5.65 Å². The van der Waals surface area contributed by atoms with Crippen LogP contribution < -0.4 is 5.49 Å². The van der Waals surface area contributed by atoms with Crippen LogP contribution in [0.5, 0.6) is 0 Å². The van der Waals surface area contributed by atoms with E-state index in [-0.39, 0.29) is 17.4 Å². The van der Waals surface area contributed by atoms with Gasteiger partial charge < -0.3 is 34.0 Å². The van der Waals surface area contributed by atoms with Gasteiger partial charge in [-0.25, -0.2) is 23.7 Å². The van der Waals surface area contributed by atoms with Crippen molar-refractivity contribution in [3.8, 4) is 0 Å². The molecule has 0 spiro atoms. The zero-order chi connectivity index (χ0) is 23.2. The monoisotopic (exact) mass is 505 g/mol. The molecular weight excluding hydrogens is 487 g/mol. The second kappa shape index (κ2) is 8.56. The van der Waals surface area contributed by atoms with E-state index in [4.69, 9.17) is 24.8 Å². The molecule has 1 aliphatic heterocycles. The van der Waals surface area contributed by atoms with Crippen molar-refractivity contribution >= 4 is 34.6 Å². The molecule has 1 saturated heterocycles. The van der Waals surface area contributed by atoms with Crippen molar-refractivity contribution in [1.29, 1.82) is 5.41 Å². The average molecular weight is 505 g/mol. The highest BCUT2D eigenvalue weighted by Gasteiger charge is 2.43. The van der Waals surface area contributed by atoms with Crippen LogP contribution in [0, 0.1) is 5.41 Å². The van der Waals surface area contributed by atoms with Gasteiger partial charge in [-0.15, -0.1) is 0 Å². The third-order valence-electron chi connectivity index (χ3n) is 4.03. The van der Waals surface area contributed by atoms with E-state index < -0.39 is 48.5 Å². The summed E-state index contributed by atoms with van der Waals surface area (Å²) in [6.45, 7) is -0.792. The molecule has 3 heterocycles. The van der Waals surface area contributed by atoms with E-state index in [9.17, 15) is 23.7 Å². The molecule has 0 amide bonds. The molecule has 0 saturated carbocycles. The lowest BCUT2D eigenvalue weighted by Gasteiger charge is -2.19. The number of phosphoric acid groups is 3. The lowest BCUT2D eigenvalue weighted by molar-refractivity contribution is -0.0423. The lowest BCUT2D eigenvalue weighted by Crippen LogP contribution is -2.26. The van der Waals surface area contributed by atoms with Crippen LogP contribution in [-0.2, 0) is 38.6 Å². The van der Waals surface area contributed by atoms with Crippen molar-refractivity contribution in [3.63, 3.8) is 0 Å². The van der Waals surface area contributed by atoms with Gasteiger partial charge in [0.2, 0.25) is 0 Å². The molecule has 3 rings (SSSR count). The normalized spacial score (nSPS) is 26.1. The van der Waals surface area contributed by atoms with E-state index in [1.165, 1.54) is 21.8 Å². The minimum Gasteiger partial charge on any atom is -0.390 e. The highest BCUT2D eigenvalue weighted by Crippen LogP contribution is 2.66. The van der Waals surface area contributed by atoms with Crippen molar-refractivity contribution in [1.82, 2.24) is 19.1 Å². The van der Waals surface area contributed by atoms with Gasteiger partial charge in [0, 0.05) is 13.5 Å². The molecule has 5 atom stereocenters. The molecule has 20 heteroatoms. The number of aliphatic hydroxyl groups is 1. The van der Waals surface area contributed by atoms with Crippen LogP contribution in [0.15, 0.2) is 12.7 Å². The maximum absolute atomic E-state index is 11.8. The number of hydrogen-bond acceptors (Lipinski definition) is 11. The fraction of sp³-hybridized carbons (Fsp3) is 0.545. The van der Waals surface area contributed by atoms with Gasteiger partial charge in [-0.05, 0) is 0 Å². The Morgan fingerprint density at radius 3 is 2.48 bits per heavy atom. The highest BCUT2D eigenvalue weighted by atomic mass is 31.3. The standard InChI is InChI=1S/C11H18N5O12P3/c1-15-4-14-11-9(10(15)12)13-5-16(11)8-2-6(17)7(26-8)3-25-30(21,22)28-31(23,24)27-29(18,19)20/h4-8,12,17H,2-3H2,1H3,(H,21,22)(H,23,24)(H2,18,19,20)/t6-,7+,8?/m0/s1. The average Bonchev–Trinajstić information content (AvgIpc) is 3.17. The molecule has 1 aliphatic rings. The summed E-state index contributed by atoms with van der Waals surface area (Å²) in [5, 5.41) is 18.1. The summed E-state index contributed by atoms with van der Waals surface area (Å²) < 4.78 is 53.9. The number of nitrogens with zero attached hydrogens (tertiary/aromatic N) is 4. The first-order valence-corrected chi connectivity index (χ1v) is 12.7. The SMILES string of the molecule is Cn1cnc2c(ncn2C2C[C@H](O)[C@@H](COP(=O)(O)OP(=O)(O)OP(=O)(O)O)O2)c1=N. The van der Waals surface area contributed by atoms with E-state index in [1.807, 2.05) is 0 Å². The van der Waals surface area contributed by atoms with E-state index >= 15 is 0 Å². The first-order chi connectivity index (χ1) is 14.2. The summed E-state index contributed by atoms with van der Waals surface area (Å²) in [4.78, 5) is 43.9. The summed E-state index contributed by atoms with van der Waals surface area (Å²) in [5.74, 6) is 0. The number of phosphoric ester groups is 1. The molecule has 17 nitrogen and oxygen atoms in total. The Morgan fingerprint density at radius 2 is 1.84 bits per heavy atom. The molecule has 0 bridgehead atoms. The maximum Gasteiger partial charge on any atom is 0.490 e. The predicted octanol–water partition coefficient (Wildman–Crippen LogP) is -0.759. The summed E-state index contributed by atoms with van der Waals surface area (Å²) >= 11 is 0. The summed E-state index contributed by atoms with van der Waals surface area (Å²) in [7, 11) is -14.9. The first kappa shape index (κ1) is 24.3. The van der Waals surface area contributed by atoms with Crippen molar-refractivity contribution in [2.24, 2.45) is 7.05 Å². The molecule has 2 aromatic heterocycles. The molecule has 1 fully saturated rings. The second-order valence-electron chi connectivity index (χ2n) is 6.35. The van der Waals surface area contributed by atoms with Gasteiger partial charge in [0.25, 0.3) is 0 Å². The smallest absolute Gasteiger partial charge is 0.390 e. The Labute approximate surface area is 172 Å². The zero-order valence-electron chi connectivity index (χ0n) is 15.5. The fourth-order valence-electron chi connectivity index (χ4n) is 2.73. The Bertz CT molecular complexity index is 1170. The van der Waals surface area contributed by atoms with Crippen molar-refractivity contribution in [3.05, 3.63) is 18.1 Å². The van der Waals surface area contributed by atoms with Crippen molar-refractivity contribution in [2.45, 2.75) is 24.9 Å². The molecule has 6 N–H and O–H groups in total. The third kappa shape index (κ3) is 5.93. The first-order valence-electron chi connectivity index (χ1n) is 8.22. The highest BCUT2D eigenvalue weighted by molar-refractivity contribution is 7.66. The van der Waals surface area contributed by atoms with Gasteiger partial charge >= 0.3 is 23.5 Å². The summed E-state index contributed by atoms with van der Waals surface area (Å²) in [6.07, 6.45) is -0.494. The van der Waals surface area contributed by atoms with Crippen molar-refractivity contribution in [2.75, 3.05) is 6.61 Å². The van der Waals surface area contributed by atoms with Crippen LogP contribution in [0.25, 0.3) is 11.2 Å². The number of nitrogens with one attached hydrogen (secondary N) is 1. The van der Waals surface area contributed by atoms with Crippen molar-refractivity contribution < 1.29 is 56.3 Å². The van der Waals surface area contributed by atoms with Crippen LogP contribution in [0.3, 0.4) is 0 Å². The van der Waals surface area contributed by atoms with Gasteiger partial charge in [-0.3, -0.25) is 14.5 Å². The second-order valence-corrected chi connectivity index (χ2v) is 10.8. The number of ether oxygens (including phenoxy) is 1. The van der Waals surface area contributed by atoms with Gasteiger partial charge in [0.15, 0.2) is 11.1 Å². The van der Waals surface area contributed by atoms with E-state index in [2.05, 4.69) is 23.1 Å². The van der Waals surface area contributed by atoms with E-state index in [0.717, 1.165) is 0 Å². The Hall–Kier alpha value is -1.32. The van der Waals surface area contributed by atoms with Crippen LogP contribution in [-0.4, -0.2) is 62.6 Å². The number of aromatic nitrogens is 4. The number of aryl methyl sites for hydroxylation is 1. The number of hydrogen-bond donors (Lipinski definition) is 6. The quantitative estimate of drug-likeness (QED) is 0.241. The van der Waals surface area contributed by atoms with E-state index in [1.54, 1.807) is 7.05 Å². The largest absolute Gasteiger partial charge is 0.490 e. The summed E-state index contributed by atoms with van der Waals surface area (Å²) in [5.41, 5.74) is 0.667. The van der Waals surface area contributed by atoms with Gasteiger partial charge in [-0.1, -0.05) is 0 Å². The van der Waals surface area contributed by atoms with Gasteiger partial charge in [0.1, 0.15) is 17.8 Å².